The number of rotatable bonds is 0. The molecule has 35 heavy (non-hydrogen) atoms. The number of pyridine rings is 1. The average molecular weight is 475 g/mol. The maximum atomic E-state index is 12.4. The van der Waals surface area contributed by atoms with Crippen LogP contribution in [0.25, 0.3) is 11.3 Å². The summed E-state index contributed by atoms with van der Waals surface area (Å²) in [5.41, 5.74) is 3.76. The summed E-state index contributed by atoms with van der Waals surface area (Å²) in [7, 11) is 0. The number of amides is 1. The highest BCUT2D eigenvalue weighted by Crippen LogP contribution is 2.21. The molecule has 7 heterocycles. The SMILES string of the molecule is O=C1CN2CCN(CC2)Cc2cccc(c2)Nc2nccc(n2)-c2ccc(nc2)NCC(O)CN1. The van der Waals surface area contributed by atoms with Crippen LogP contribution in [0.2, 0.25) is 0 Å². The third kappa shape index (κ3) is 6.30. The van der Waals surface area contributed by atoms with Gasteiger partial charge in [0.25, 0.3) is 0 Å². The molecule has 1 fully saturated rings. The van der Waals surface area contributed by atoms with Gasteiger partial charge in [0.05, 0.1) is 18.3 Å². The van der Waals surface area contributed by atoms with Crippen molar-refractivity contribution in [2.24, 2.45) is 0 Å². The second kappa shape index (κ2) is 10.8. The molecule has 1 atom stereocenters. The maximum absolute atomic E-state index is 12.4. The van der Waals surface area contributed by atoms with E-state index in [0.29, 0.717) is 18.3 Å². The number of aliphatic hydroxyl groups is 1. The Morgan fingerprint density at radius 2 is 1.71 bits per heavy atom. The van der Waals surface area contributed by atoms with Crippen molar-refractivity contribution in [3.05, 3.63) is 60.4 Å². The van der Waals surface area contributed by atoms with Crippen molar-refractivity contribution in [2.45, 2.75) is 12.6 Å². The number of carbonyl (C=O) groups excluding carboxylic acids is 1. The molecule has 0 saturated carbocycles. The molecule has 1 unspecified atom stereocenters. The van der Waals surface area contributed by atoms with E-state index >= 15 is 0 Å². The van der Waals surface area contributed by atoms with Gasteiger partial charge in [-0.05, 0) is 35.9 Å². The van der Waals surface area contributed by atoms with Gasteiger partial charge in [0.15, 0.2) is 0 Å². The number of hydrogen-bond donors (Lipinski definition) is 4. The first-order valence-corrected chi connectivity index (χ1v) is 11.9. The highest BCUT2D eigenvalue weighted by Gasteiger charge is 2.19. The molecule has 1 saturated heterocycles. The molecule has 1 aromatic carbocycles. The van der Waals surface area contributed by atoms with Crippen molar-refractivity contribution in [3.8, 4) is 11.3 Å². The molecule has 5 aliphatic rings. The van der Waals surface area contributed by atoms with Crippen molar-refractivity contribution in [1.29, 1.82) is 0 Å². The van der Waals surface area contributed by atoms with Gasteiger partial charge in [-0.3, -0.25) is 14.6 Å². The summed E-state index contributed by atoms with van der Waals surface area (Å²) in [5, 5.41) is 19.5. The van der Waals surface area contributed by atoms with E-state index in [1.165, 1.54) is 5.56 Å². The fourth-order valence-electron chi connectivity index (χ4n) is 4.26. The predicted molar refractivity (Wildman–Crippen MR) is 134 cm³/mol. The summed E-state index contributed by atoms with van der Waals surface area (Å²) in [4.78, 5) is 30.4. The average Bonchev–Trinajstić information content (AvgIpc) is 2.88. The summed E-state index contributed by atoms with van der Waals surface area (Å²) in [6.45, 7) is 5.11. The predicted octanol–water partition coefficient (Wildman–Crippen LogP) is 1.30. The van der Waals surface area contributed by atoms with Crippen LogP contribution in [0.4, 0.5) is 17.5 Å². The lowest BCUT2D eigenvalue weighted by Crippen LogP contribution is -2.49. The minimum atomic E-state index is -0.718. The molecule has 3 aromatic rings. The Balaban J connectivity index is 1.37. The van der Waals surface area contributed by atoms with E-state index in [1.807, 2.05) is 30.3 Å². The highest BCUT2D eigenvalue weighted by atomic mass is 16.3. The lowest BCUT2D eigenvalue weighted by Gasteiger charge is -2.34. The Kier molecular flexibility index (Phi) is 7.12. The van der Waals surface area contributed by atoms with Crippen LogP contribution in [0.1, 0.15) is 5.56 Å². The molecule has 0 radical (unpaired) electrons. The molecule has 2 aromatic heterocycles. The lowest BCUT2D eigenvalue weighted by molar-refractivity contribution is -0.123. The van der Waals surface area contributed by atoms with Crippen LogP contribution < -0.4 is 16.0 Å². The summed E-state index contributed by atoms with van der Waals surface area (Å²) >= 11 is 0. The number of anilines is 3. The number of nitrogens with one attached hydrogen (secondary N) is 3. The Bertz CT molecular complexity index is 1150. The van der Waals surface area contributed by atoms with E-state index < -0.39 is 6.10 Å². The zero-order valence-electron chi connectivity index (χ0n) is 19.5. The fourth-order valence-corrected chi connectivity index (χ4v) is 4.26. The highest BCUT2D eigenvalue weighted by molar-refractivity contribution is 5.78. The van der Waals surface area contributed by atoms with Crippen molar-refractivity contribution in [3.63, 3.8) is 0 Å². The topological polar surface area (TPSA) is 119 Å². The number of aliphatic hydroxyl groups excluding tert-OH is 1. The lowest BCUT2D eigenvalue weighted by atomic mass is 10.1. The van der Waals surface area contributed by atoms with Gasteiger partial charge >= 0.3 is 0 Å². The molecule has 0 aliphatic carbocycles. The molecule has 4 N–H and O–H groups in total. The van der Waals surface area contributed by atoms with E-state index in [4.69, 9.17) is 0 Å². The molecule has 8 bridgehead atoms. The number of carbonyl (C=O) groups is 1. The van der Waals surface area contributed by atoms with Gasteiger partial charge in [0.2, 0.25) is 11.9 Å². The van der Waals surface area contributed by atoms with Crippen LogP contribution in [-0.2, 0) is 11.3 Å². The normalized spacial score (nSPS) is 23.1. The number of benzene rings is 1. The summed E-state index contributed by atoms with van der Waals surface area (Å²) in [6, 6.07) is 13.9. The third-order valence-corrected chi connectivity index (χ3v) is 6.19. The van der Waals surface area contributed by atoms with E-state index in [-0.39, 0.29) is 19.0 Å². The summed E-state index contributed by atoms with van der Waals surface area (Å²) in [5.74, 6) is 1.09. The molecular formula is C25H30N8O2. The minimum Gasteiger partial charge on any atom is -0.389 e. The first-order valence-electron chi connectivity index (χ1n) is 11.9. The first-order chi connectivity index (χ1) is 17.1. The van der Waals surface area contributed by atoms with Gasteiger partial charge in [-0.25, -0.2) is 15.0 Å². The van der Waals surface area contributed by atoms with E-state index in [1.54, 1.807) is 12.4 Å². The smallest absolute Gasteiger partial charge is 0.234 e. The van der Waals surface area contributed by atoms with Crippen molar-refractivity contribution in [1.82, 2.24) is 30.1 Å². The second-order valence-corrected chi connectivity index (χ2v) is 8.91. The van der Waals surface area contributed by atoms with Crippen molar-refractivity contribution < 1.29 is 9.90 Å². The second-order valence-electron chi connectivity index (χ2n) is 8.91. The molecule has 8 rings (SSSR count). The number of nitrogens with zero attached hydrogens (tertiary/aromatic N) is 5. The first kappa shape index (κ1) is 23.2. The van der Waals surface area contributed by atoms with Crippen LogP contribution in [0.5, 0.6) is 0 Å². The minimum absolute atomic E-state index is 0.0694. The van der Waals surface area contributed by atoms with Crippen LogP contribution in [0.3, 0.4) is 0 Å². The Hall–Kier alpha value is -3.60. The van der Waals surface area contributed by atoms with E-state index in [9.17, 15) is 9.90 Å². The van der Waals surface area contributed by atoms with Gasteiger partial charge in [-0.1, -0.05) is 12.1 Å². The van der Waals surface area contributed by atoms with Gasteiger partial charge in [0, 0.05) is 69.5 Å². The number of hydrogen-bond acceptors (Lipinski definition) is 9. The van der Waals surface area contributed by atoms with Crippen LogP contribution in [0, 0.1) is 0 Å². The van der Waals surface area contributed by atoms with Crippen LogP contribution in [-0.4, -0.2) is 87.7 Å². The van der Waals surface area contributed by atoms with Crippen molar-refractivity contribution >= 4 is 23.4 Å². The van der Waals surface area contributed by atoms with E-state index in [0.717, 1.165) is 49.7 Å². The number of piperazine rings is 1. The molecule has 1 amide bonds. The van der Waals surface area contributed by atoms with E-state index in [2.05, 4.69) is 52.8 Å². The monoisotopic (exact) mass is 474 g/mol. The zero-order valence-corrected chi connectivity index (χ0v) is 19.5. The van der Waals surface area contributed by atoms with Crippen LogP contribution in [0.15, 0.2) is 54.9 Å². The molecule has 0 spiro atoms. The largest absolute Gasteiger partial charge is 0.389 e. The van der Waals surface area contributed by atoms with Crippen molar-refractivity contribution in [2.75, 3.05) is 56.4 Å². The fraction of sp³-hybridized carbons (Fsp3) is 0.360. The Morgan fingerprint density at radius 1 is 0.914 bits per heavy atom. The van der Waals surface area contributed by atoms with Gasteiger partial charge in [0.1, 0.15) is 5.82 Å². The molecule has 5 aliphatic heterocycles. The summed E-state index contributed by atoms with van der Waals surface area (Å²) < 4.78 is 0. The molecular weight excluding hydrogens is 444 g/mol. The zero-order chi connectivity index (χ0) is 24.0. The standard InChI is InChI=1S/C25H30N8O2/c34-21-14-28-23-5-4-19(13-27-23)22-6-7-26-25(31-22)30-20-3-1-2-18(12-20)16-32-8-10-33(11-9-32)17-24(35)29-15-21/h1-7,12-13,21,34H,8-11,14-17H2,(H,27,28)(H,29,35)(H,26,30,31). The third-order valence-electron chi connectivity index (χ3n) is 6.19. The maximum Gasteiger partial charge on any atom is 0.234 e. The van der Waals surface area contributed by atoms with Gasteiger partial charge in [-0.15, -0.1) is 0 Å². The van der Waals surface area contributed by atoms with Crippen LogP contribution >= 0.6 is 0 Å². The number of aromatic nitrogens is 3. The quantitative estimate of drug-likeness (QED) is 0.382. The Morgan fingerprint density at radius 3 is 2.51 bits per heavy atom. The summed E-state index contributed by atoms with van der Waals surface area (Å²) in [6.07, 6.45) is 2.74. The van der Waals surface area contributed by atoms with Gasteiger partial charge in [-0.2, -0.15) is 0 Å². The molecule has 10 heteroatoms. The molecule has 10 nitrogen and oxygen atoms in total. The Labute approximate surface area is 204 Å². The molecule has 182 valence electrons. The van der Waals surface area contributed by atoms with Gasteiger partial charge < -0.3 is 21.1 Å².